The summed E-state index contributed by atoms with van der Waals surface area (Å²) in [5.41, 5.74) is -0.176. The van der Waals surface area contributed by atoms with Gasteiger partial charge in [0.25, 0.3) is 0 Å². The van der Waals surface area contributed by atoms with Crippen LogP contribution in [0.2, 0.25) is 5.15 Å². The van der Waals surface area contributed by atoms with Gasteiger partial charge < -0.3 is 9.64 Å². The normalized spacial score (nSPS) is 20.6. The van der Waals surface area contributed by atoms with Crippen molar-refractivity contribution < 1.29 is 17.5 Å². The van der Waals surface area contributed by atoms with Crippen LogP contribution >= 0.6 is 11.6 Å². The highest BCUT2D eigenvalue weighted by Crippen LogP contribution is 2.39. The molecule has 4 heterocycles. The fraction of sp³-hybridized carbons (Fsp3) is 0.533. The van der Waals surface area contributed by atoms with Gasteiger partial charge in [-0.15, -0.1) is 0 Å². The Labute approximate surface area is 149 Å². The molecule has 0 amide bonds. The van der Waals surface area contributed by atoms with Crippen molar-refractivity contribution >= 4 is 38.2 Å². The number of rotatable bonds is 1. The van der Waals surface area contributed by atoms with Crippen molar-refractivity contribution in [2.24, 2.45) is 0 Å². The Kier molecular flexibility index (Phi) is 3.95. The van der Waals surface area contributed by atoms with Crippen molar-refractivity contribution in [1.29, 1.82) is 0 Å². The Morgan fingerprint density at radius 3 is 2.80 bits per heavy atom. The van der Waals surface area contributed by atoms with E-state index in [1.807, 2.05) is 4.90 Å². The Balaban J connectivity index is 2.08. The van der Waals surface area contributed by atoms with Crippen LogP contribution in [0.15, 0.2) is 5.16 Å². The minimum atomic E-state index is -3.72. The highest BCUT2D eigenvalue weighted by atomic mass is 35.5. The molecule has 0 aromatic carbocycles. The molecule has 1 saturated heterocycles. The van der Waals surface area contributed by atoms with E-state index in [1.54, 1.807) is 0 Å². The first-order valence-corrected chi connectivity index (χ1v) is 10.3. The van der Waals surface area contributed by atoms with Gasteiger partial charge >= 0.3 is 0 Å². The molecule has 0 spiro atoms. The molecule has 2 aromatic heterocycles. The predicted octanol–water partition coefficient (Wildman–Crippen LogP) is 2.36. The van der Waals surface area contributed by atoms with Gasteiger partial charge in [0.15, 0.2) is 11.0 Å². The largest absolute Gasteiger partial charge is 0.475 e. The minimum Gasteiger partial charge on any atom is -0.475 e. The van der Waals surface area contributed by atoms with Crippen LogP contribution in [0.5, 0.6) is 5.88 Å². The zero-order valence-corrected chi connectivity index (χ0v) is 15.1. The van der Waals surface area contributed by atoms with Crippen LogP contribution in [-0.4, -0.2) is 48.8 Å². The fourth-order valence-electron chi connectivity index (χ4n) is 3.36. The van der Waals surface area contributed by atoms with Gasteiger partial charge in [-0.05, 0) is 12.8 Å². The van der Waals surface area contributed by atoms with Crippen LogP contribution < -0.4 is 9.64 Å². The second-order valence-electron chi connectivity index (χ2n) is 6.35. The van der Waals surface area contributed by atoms with Crippen LogP contribution in [0.3, 0.4) is 0 Å². The number of nitrogens with zero attached hydrogens (tertiary/aromatic N) is 4. The molecular weight excluding hydrogens is 371 g/mol. The third-order valence-electron chi connectivity index (χ3n) is 4.57. The molecule has 134 valence electrons. The average molecular weight is 387 g/mol. The number of hydrogen-bond donors (Lipinski definition) is 0. The summed E-state index contributed by atoms with van der Waals surface area (Å²) in [5, 5.41) is -0.547. The Bertz CT molecular complexity index is 969. The molecule has 2 aromatic rings. The molecule has 1 atom stereocenters. The fourth-order valence-corrected chi connectivity index (χ4v) is 4.03. The van der Waals surface area contributed by atoms with E-state index in [4.69, 9.17) is 16.3 Å². The van der Waals surface area contributed by atoms with Gasteiger partial charge in [-0.1, -0.05) is 24.4 Å². The molecule has 4 rings (SSSR count). The second-order valence-corrected chi connectivity index (χ2v) is 8.62. The molecule has 0 aliphatic carbocycles. The van der Waals surface area contributed by atoms with Crippen molar-refractivity contribution in [2.75, 3.05) is 24.3 Å². The Hall–Kier alpha value is -1.74. The van der Waals surface area contributed by atoms with Crippen molar-refractivity contribution in [3.05, 3.63) is 11.0 Å². The van der Waals surface area contributed by atoms with Crippen molar-refractivity contribution in [3.8, 4) is 5.88 Å². The van der Waals surface area contributed by atoms with E-state index in [0.29, 0.717) is 19.0 Å². The first-order valence-electron chi connectivity index (χ1n) is 8.02. The summed E-state index contributed by atoms with van der Waals surface area (Å²) in [6.07, 6.45) is 4.92. The molecule has 10 heteroatoms. The number of pyridine rings is 1. The number of hydrogen-bond acceptors (Lipinski definition) is 7. The lowest BCUT2D eigenvalue weighted by atomic mass is 10.1. The zero-order valence-electron chi connectivity index (χ0n) is 13.5. The SMILES string of the molecule is CS(=O)(=O)c1nc2c3c(nc(Cl)c(F)c3n1)OC[C@@H]1CCCCCN21. The van der Waals surface area contributed by atoms with Crippen molar-refractivity contribution in [1.82, 2.24) is 15.0 Å². The standard InChI is InChI=1S/C15H16ClFN4O3S/c1-25(22,23)15-18-11-9-13(20-15)21-6-4-2-3-5-8(21)7-24-14(9)19-12(16)10(11)17/h8H,2-7H2,1H3/t8-/m0/s1. The zero-order chi connectivity index (χ0) is 17.8. The van der Waals surface area contributed by atoms with Crippen LogP contribution in [0.25, 0.3) is 10.9 Å². The lowest BCUT2D eigenvalue weighted by molar-refractivity contribution is 0.274. The molecule has 7 nitrogen and oxygen atoms in total. The number of ether oxygens (including phenoxy) is 1. The Morgan fingerprint density at radius 2 is 2.04 bits per heavy atom. The summed E-state index contributed by atoms with van der Waals surface area (Å²) in [4.78, 5) is 14.1. The van der Waals surface area contributed by atoms with Crippen molar-refractivity contribution in [2.45, 2.75) is 36.9 Å². The lowest BCUT2D eigenvalue weighted by Gasteiger charge is -2.29. The van der Waals surface area contributed by atoms with E-state index in [2.05, 4.69) is 15.0 Å². The topological polar surface area (TPSA) is 85.3 Å². The van der Waals surface area contributed by atoms with Crippen LogP contribution in [-0.2, 0) is 9.84 Å². The minimum absolute atomic E-state index is 0.0176. The molecule has 2 aliphatic rings. The first kappa shape index (κ1) is 16.7. The van der Waals surface area contributed by atoms with Crippen LogP contribution in [0.1, 0.15) is 25.7 Å². The van der Waals surface area contributed by atoms with E-state index in [0.717, 1.165) is 31.9 Å². The molecule has 0 bridgehead atoms. The number of halogens is 2. The van der Waals surface area contributed by atoms with Gasteiger partial charge in [0.2, 0.25) is 20.9 Å². The van der Waals surface area contributed by atoms with Crippen LogP contribution in [0, 0.1) is 5.82 Å². The number of aromatic nitrogens is 3. The summed E-state index contributed by atoms with van der Waals surface area (Å²) in [6.45, 7) is 1.04. The third kappa shape index (κ3) is 2.79. The van der Waals surface area contributed by atoms with Gasteiger partial charge in [-0.25, -0.2) is 22.8 Å². The number of sulfone groups is 1. The van der Waals surface area contributed by atoms with Gasteiger partial charge in [-0.3, -0.25) is 0 Å². The first-order chi connectivity index (χ1) is 11.9. The molecular formula is C15H16ClFN4O3S. The van der Waals surface area contributed by atoms with Crippen molar-refractivity contribution in [3.63, 3.8) is 0 Å². The number of fused-ring (bicyclic) bond motifs is 2. The summed E-state index contributed by atoms with van der Waals surface area (Å²) >= 11 is 5.86. The summed E-state index contributed by atoms with van der Waals surface area (Å²) in [7, 11) is -3.72. The summed E-state index contributed by atoms with van der Waals surface area (Å²) < 4.78 is 44.4. The molecule has 2 aliphatic heterocycles. The molecule has 25 heavy (non-hydrogen) atoms. The summed E-state index contributed by atoms with van der Waals surface area (Å²) in [5.74, 6) is -0.372. The highest BCUT2D eigenvalue weighted by Gasteiger charge is 2.33. The molecule has 1 fully saturated rings. The van der Waals surface area contributed by atoms with E-state index >= 15 is 0 Å². The molecule has 0 saturated carbocycles. The van der Waals surface area contributed by atoms with Gasteiger partial charge in [-0.2, -0.15) is 4.98 Å². The molecule has 0 radical (unpaired) electrons. The molecule has 0 N–H and O–H groups in total. The van der Waals surface area contributed by atoms with Crippen LogP contribution in [0.4, 0.5) is 10.2 Å². The van der Waals surface area contributed by atoms with E-state index in [1.165, 1.54) is 0 Å². The van der Waals surface area contributed by atoms with E-state index in [9.17, 15) is 12.8 Å². The summed E-state index contributed by atoms with van der Waals surface area (Å²) in [6, 6.07) is 0.0176. The van der Waals surface area contributed by atoms with E-state index < -0.39 is 26.0 Å². The monoisotopic (exact) mass is 386 g/mol. The second kappa shape index (κ2) is 5.91. The third-order valence-corrected chi connectivity index (χ3v) is 5.66. The maximum absolute atomic E-state index is 14.6. The maximum Gasteiger partial charge on any atom is 0.249 e. The molecule has 0 unspecified atom stereocenters. The average Bonchev–Trinajstić information content (AvgIpc) is 2.86. The highest BCUT2D eigenvalue weighted by molar-refractivity contribution is 7.90. The van der Waals surface area contributed by atoms with Gasteiger partial charge in [0.1, 0.15) is 23.3 Å². The predicted molar refractivity (Wildman–Crippen MR) is 90.5 cm³/mol. The lowest BCUT2D eigenvalue weighted by Crippen LogP contribution is -2.38. The quantitative estimate of drug-likeness (QED) is 0.549. The maximum atomic E-state index is 14.6. The van der Waals surface area contributed by atoms with Gasteiger partial charge in [0, 0.05) is 12.8 Å². The number of anilines is 1. The van der Waals surface area contributed by atoms with Gasteiger partial charge in [0.05, 0.1) is 6.04 Å². The van der Waals surface area contributed by atoms with E-state index in [-0.39, 0.29) is 22.8 Å². The Morgan fingerprint density at radius 1 is 1.24 bits per heavy atom. The smallest absolute Gasteiger partial charge is 0.249 e.